The molecule has 0 unspecified atom stereocenters. The van der Waals surface area contributed by atoms with Crippen LogP contribution < -0.4 is 5.32 Å². The maximum absolute atomic E-state index is 13.2. The lowest BCUT2D eigenvalue weighted by molar-refractivity contribution is -0.150. The van der Waals surface area contributed by atoms with E-state index < -0.39 is 5.54 Å². The van der Waals surface area contributed by atoms with Crippen LogP contribution in [0.3, 0.4) is 0 Å². The van der Waals surface area contributed by atoms with Gasteiger partial charge < -0.3 is 10.2 Å². The molecule has 0 saturated heterocycles. The van der Waals surface area contributed by atoms with Crippen molar-refractivity contribution in [2.75, 3.05) is 0 Å². The predicted molar refractivity (Wildman–Crippen MR) is 96.8 cm³/mol. The minimum absolute atomic E-state index is 0.00636. The lowest BCUT2D eigenvalue weighted by Crippen LogP contribution is -2.61. The van der Waals surface area contributed by atoms with E-state index in [1.807, 2.05) is 22.4 Å². The molecule has 24 heavy (non-hydrogen) atoms. The highest BCUT2D eigenvalue weighted by molar-refractivity contribution is 7.09. The molecule has 4 nitrogen and oxygen atoms in total. The van der Waals surface area contributed by atoms with Crippen LogP contribution in [0.2, 0.25) is 0 Å². The number of thiophene rings is 1. The molecule has 2 saturated carbocycles. The van der Waals surface area contributed by atoms with Gasteiger partial charge in [-0.05, 0) is 37.1 Å². The van der Waals surface area contributed by atoms with Crippen LogP contribution in [0.4, 0.5) is 0 Å². The molecule has 0 aliphatic heterocycles. The summed E-state index contributed by atoms with van der Waals surface area (Å²) in [7, 11) is 0. The largest absolute Gasteiger partial charge is 0.351 e. The minimum Gasteiger partial charge on any atom is -0.351 e. The van der Waals surface area contributed by atoms with Gasteiger partial charge in [0.05, 0.1) is 6.54 Å². The number of carbonyl (C=O) groups excluding carboxylic acids is 2. The summed E-state index contributed by atoms with van der Waals surface area (Å²) in [5.41, 5.74) is -0.656. The van der Waals surface area contributed by atoms with Crippen molar-refractivity contribution in [3.05, 3.63) is 22.4 Å². The van der Waals surface area contributed by atoms with Crippen molar-refractivity contribution < 1.29 is 9.59 Å². The SMILES string of the molecule is CC(=O)N(Cc1cccs1)C1(C(=O)NC2CCCC2)CCCCC1. The van der Waals surface area contributed by atoms with E-state index in [2.05, 4.69) is 5.32 Å². The Morgan fingerprint density at radius 2 is 1.92 bits per heavy atom. The number of nitrogens with zero attached hydrogens (tertiary/aromatic N) is 1. The van der Waals surface area contributed by atoms with Gasteiger partial charge in [0.1, 0.15) is 5.54 Å². The zero-order valence-corrected chi connectivity index (χ0v) is 15.4. The van der Waals surface area contributed by atoms with Crippen molar-refractivity contribution in [3.8, 4) is 0 Å². The molecule has 1 heterocycles. The lowest BCUT2D eigenvalue weighted by Gasteiger charge is -2.45. The fraction of sp³-hybridized carbons (Fsp3) is 0.684. The molecule has 0 aromatic carbocycles. The first-order chi connectivity index (χ1) is 11.6. The third-order valence-electron chi connectivity index (χ3n) is 5.58. The topological polar surface area (TPSA) is 49.4 Å². The first kappa shape index (κ1) is 17.5. The van der Waals surface area contributed by atoms with Gasteiger partial charge in [0.15, 0.2) is 0 Å². The standard InChI is InChI=1S/C19H28N2O2S/c1-15(22)21(14-17-10-7-13-24-17)19(11-5-2-6-12-19)18(23)20-16-8-3-4-9-16/h7,10,13,16H,2-6,8-9,11-12,14H2,1H3,(H,20,23). The van der Waals surface area contributed by atoms with Crippen LogP contribution in [0.15, 0.2) is 17.5 Å². The third-order valence-corrected chi connectivity index (χ3v) is 6.45. The van der Waals surface area contributed by atoms with E-state index in [-0.39, 0.29) is 11.8 Å². The molecule has 0 radical (unpaired) electrons. The monoisotopic (exact) mass is 348 g/mol. The van der Waals surface area contributed by atoms with E-state index in [1.165, 1.54) is 12.8 Å². The summed E-state index contributed by atoms with van der Waals surface area (Å²) < 4.78 is 0. The van der Waals surface area contributed by atoms with E-state index in [9.17, 15) is 9.59 Å². The summed E-state index contributed by atoms with van der Waals surface area (Å²) in [5.74, 6) is 0.0905. The van der Waals surface area contributed by atoms with Gasteiger partial charge in [-0.25, -0.2) is 0 Å². The van der Waals surface area contributed by atoms with E-state index >= 15 is 0 Å². The highest BCUT2D eigenvalue weighted by Gasteiger charge is 2.46. The highest BCUT2D eigenvalue weighted by Crippen LogP contribution is 2.36. The number of amides is 2. The summed E-state index contributed by atoms with van der Waals surface area (Å²) >= 11 is 1.65. The maximum Gasteiger partial charge on any atom is 0.246 e. The van der Waals surface area contributed by atoms with Crippen LogP contribution in [-0.4, -0.2) is 28.3 Å². The number of hydrogen-bond donors (Lipinski definition) is 1. The normalized spacial score (nSPS) is 20.7. The predicted octanol–water partition coefficient (Wildman–Crippen LogP) is 3.86. The van der Waals surface area contributed by atoms with Crippen LogP contribution in [0.5, 0.6) is 0 Å². The Bertz CT molecular complexity index is 558. The van der Waals surface area contributed by atoms with Crippen molar-refractivity contribution in [3.63, 3.8) is 0 Å². The summed E-state index contributed by atoms with van der Waals surface area (Å²) in [5, 5.41) is 5.30. The second-order valence-electron chi connectivity index (χ2n) is 7.23. The third kappa shape index (κ3) is 3.66. The average Bonchev–Trinajstić information content (AvgIpc) is 3.26. The molecule has 2 aliphatic carbocycles. The van der Waals surface area contributed by atoms with E-state index in [1.54, 1.807) is 18.3 Å². The zero-order chi connectivity index (χ0) is 17.0. The molecule has 0 spiro atoms. The number of nitrogens with one attached hydrogen (secondary N) is 1. The van der Waals surface area contributed by atoms with Gasteiger partial charge in [-0.2, -0.15) is 0 Å². The fourth-order valence-corrected chi connectivity index (χ4v) is 4.96. The molecule has 2 amide bonds. The van der Waals surface area contributed by atoms with Gasteiger partial charge in [0.2, 0.25) is 11.8 Å². The molecule has 1 N–H and O–H groups in total. The summed E-state index contributed by atoms with van der Waals surface area (Å²) in [6.45, 7) is 2.15. The van der Waals surface area contributed by atoms with Crippen LogP contribution in [0.1, 0.15) is 69.6 Å². The summed E-state index contributed by atoms with van der Waals surface area (Å²) in [4.78, 5) is 28.7. The Labute approximate surface area is 148 Å². The van der Waals surface area contributed by atoms with Crippen LogP contribution in [-0.2, 0) is 16.1 Å². The first-order valence-corrected chi connectivity index (χ1v) is 10.1. The van der Waals surface area contributed by atoms with Gasteiger partial charge in [0.25, 0.3) is 0 Å². The molecule has 1 aromatic rings. The Balaban J connectivity index is 1.83. The second-order valence-corrected chi connectivity index (χ2v) is 8.26. The van der Waals surface area contributed by atoms with E-state index in [4.69, 9.17) is 0 Å². The first-order valence-electron chi connectivity index (χ1n) is 9.23. The lowest BCUT2D eigenvalue weighted by atomic mass is 9.79. The average molecular weight is 349 g/mol. The fourth-order valence-electron chi connectivity index (χ4n) is 4.27. The molecule has 1 aromatic heterocycles. The van der Waals surface area contributed by atoms with Crippen molar-refractivity contribution >= 4 is 23.2 Å². The van der Waals surface area contributed by atoms with Crippen molar-refractivity contribution in [2.45, 2.75) is 82.8 Å². The second kappa shape index (κ2) is 7.68. The Kier molecular flexibility index (Phi) is 5.59. The highest BCUT2D eigenvalue weighted by atomic mass is 32.1. The number of hydrogen-bond acceptors (Lipinski definition) is 3. The van der Waals surface area contributed by atoms with Crippen molar-refractivity contribution in [1.82, 2.24) is 10.2 Å². The van der Waals surface area contributed by atoms with Crippen molar-refractivity contribution in [1.29, 1.82) is 0 Å². The summed E-state index contributed by atoms with van der Waals surface area (Å²) in [6.07, 6.45) is 9.32. The smallest absolute Gasteiger partial charge is 0.246 e. The van der Waals surface area contributed by atoms with Gasteiger partial charge in [-0.15, -0.1) is 11.3 Å². The number of carbonyl (C=O) groups is 2. The Morgan fingerprint density at radius 3 is 2.50 bits per heavy atom. The van der Waals surface area contributed by atoms with Gasteiger partial charge >= 0.3 is 0 Å². The molecular formula is C19H28N2O2S. The molecular weight excluding hydrogens is 320 g/mol. The van der Waals surface area contributed by atoms with Gasteiger partial charge in [-0.1, -0.05) is 38.2 Å². The quantitative estimate of drug-likeness (QED) is 0.878. The molecule has 3 rings (SSSR count). The molecule has 2 aliphatic rings. The van der Waals surface area contributed by atoms with Crippen LogP contribution in [0, 0.1) is 0 Å². The summed E-state index contributed by atoms with van der Waals surface area (Å²) in [6, 6.07) is 4.35. The van der Waals surface area contributed by atoms with E-state index in [0.29, 0.717) is 12.6 Å². The minimum atomic E-state index is -0.656. The number of rotatable bonds is 5. The van der Waals surface area contributed by atoms with Crippen LogP contribution in [0.25, 0.3) is 0 Å². The Hall–Kier alpha value is -1.36. The molecule has 5 heteroatoms. The zero-order valence-electron chi connectivity index (χ0n) is 14.6. The molecule has 0 bridgehead atoms. The maximum atomic E-state index is 13.2. The Morgan fingerprint density at radius 1 is 1.21 bits per heavy atom. The van der Waals surface area contributed by atoms with Gasteiger partial charge in [-0.3, -0.25) is 9.59 Å². The van der Waals surface area contributed by atoms with Crippen LogP contribution >= 0.6 is 11.3 Å². The van der Waals surface area contributed by atoms with Crippen molar-refractivity contribution in [2.24, 2.45) is 0 Å². The molecule has 0 atom stereocenters. The molecule has 132 valence electrons. The molecule has 2 fully saturated rings. The van der Waals surface area contributed by atoms with Gasteiger partial charge in [0, 0.05) is 17.8 Å². The van der Waals surface area contributed by atoms with E-state index in [0.717, 1.165) is 49.8 Å².